The van der Waals surface area contributed by atoms with Crippen molar-refractivity contribution in [3.8, 4) is 0 Å². The van der Waals surface area contributed by atoms with Gasteiger partial charge in [0.2, 0.25) is 0 Å². The third kappa shape index (κ3) is 13.2. The molecule has 0 N–H and O–H groups in total. The van der Waals surface area contributed by atoms with Crippen LogP contribution >= 0.6 is 104 Å². The number of ketones is 1. The van der Waals surface area contributed by atoms with Gasteiger partial charge in [0.15, 0.2) is 10.1 Å². The number of benzene rings is 3. The molecule has 0 saturated heterocycles. The summed E-state index contributed by atoms with van der Waals surface area (Å²) in [5, 5.41) is -2.62. The van der Waals surface area contributed by atoms with E-state index in [-0.39, 0.29) is 5.78 Å². The molecule has 0 amide bonds. The first kappa shape index (κ1) is 35.0. The lowest BCUT2D eigenvalue weighted by molar-refractivity contribution is 0.103. The molecule has 0 aromatic heterocycles. The van der Waals surface area contributed by atoms with Gasteiger partial charge >= 0.3 is 0 Å². The van der Waals surface area contributed by atoms with Crippen molar-refractivity contribution in [2.75, 3.05) is 0 Å². The van der Waals surface area contributed by atoms with Gasteiger partial charge in [0.05, 0.1) is 32.3 Å². The summed E-state index contributed by atoms with van der Waals surface area (Å²) in [6, 6.07) is 28.9. The zero-order valence-corrected chi connectivity index (χ0v) is 26.3. The number of carbonyl (C=O) groups excluding carboxylic acids is 1. The smallest absolute Gasteiger partial charge is 0.193 e. The first-order valence-corrected chi connectivity index (χ1v) is 14.8. The third-order valence-electron chi connectivity index (χ3n) is 4.84. The fourth-order valence-corrected chi connectivity index (χ4v) is 5.26. The Morgan fingerprint density at radius 3 is 0.919 bits per heavy atom. The number of alkyl halides is 9. The van der Waals surface area contributed by atoms with Crippen LogP contribution in [0.1, 0.15) is 21.5 Å². The van der Waals surface area contributed by atoms with Crippen LogP contribution in [-0.4, -0.2) is 42.3 Å². The zero-order valence-electron chi connectivity index (χ0n) is 19.5. The summed E-state index contributed by atoms with van der Waals surface area (Å²) < 4.78 is -0.750. The quantitative estimate of drug-likeness (QED) is 0.194. The highest BCUT2D eigenvalue weighted by Gasteiger charge is 2.46. The Bertz CT molecular complexity index is 903. The lowest BCUT2D eigenvalue weighted by Crippen LogP contribution is -2.52. The average molecular weight is 685 g/mol. The molecule has 0 aliphatic heterocycles. The van der Waals surface area contributed by atoms with E-state index in [1.165, 1.54) is 5.56 Å². The van der Waals surface area contributed by atoms with Crippen LogP contribution in [-0.2, 0) is 0 Å². The van der Waals surface area contributed by atoms with Crippen LogP contribution in [0.4, 0.5) is 0 Å². The number of carbonyl (C=O) groups is 1. The van der Waals surface area contributed by atoms with E-state index in [0.29, 0.717) is 0 Å². The highest BCUT2D eigenvalue weighted by Crippen LogP contribution is 2.39. The lowest BCUT2D eigenvalue weighted by atomic mass is 9.97. The standard InChI is InChI=1S/C13H10O.C7H8.C6H6Cl6.CHCl3/c14-13(11-7-3-1-4-8-11)12-9-5-2-6-10-12;1-7-5-3-2-4-6-7;7-1-2(8)4(10)6(12)5(11)3(1)9;2-1(3)4/h1-10H;2-6H,1H3;1-6H;1H. The van der Waals surface area contributed by atoms with E-state index in [4.69, 9.17) is 104 Å². The molecular weight excluding hydrogens is 659 g/mol. The van der Waals surface area contributed by atoms with Crippen LogP contribution < -0.4 is 0 Å². The molecular formula is C27H25Cl9O. The average Bonchev–Trinajstić information content (AvgIpc) is 2.91. The zero-order chi connectivity index (χ0) is 28.0. The van der Waals surface area contributed by atoms with E-state index in [9.17, 15) is 4.79 Å². The van der Waals surface area contributed by atoms with Crippen LogP contribution in [0.25, 0.3) is 0 Å². The van der Waals surface area contributed by atoms with Crippen LogP contribution in [0.3, 0.4) is 0 Å². The summed E-state index contributed by atoms with van der Waals surface area (Å²) in [6.07, 6.45) is 0. The van der Waals surface area contributed by atoms with Crippen LogP contribution in [0, 0.1) is 6.92 Å². The molecule has 1 nitrogen and oxygen atoms in total. The SMILES string of the molecule is Cc1ccccc1.ClC(Cl)Cl.ClC1C(Cl)C(Cl)C(Cl)C(Cl)C1Cl.O=C(c1ccccc1)c1ccccc1. The first-order chi connectivity index (χ1) is 17.5. The van der Waals surface area contributed by atoms with Gasteiger partial charge in [-0.15, -0.1) is 69.6 Å². The summed E-state index contributed by atoms with van der Waals surface area (Å²) >= 11 is 49.7. The minimum Gasteiger partial charge on any atom is -0.289 e. The van der Waals surface area contributed by atoms with E-state index in [2.05, 4.69) is 19.1 Å². The summed E-state index contributed by atoms with van der Waals surface area (Å²) in [5.41, 5.74) is 2.79. The third-order valence-corrected chi connectivity index (χ3v) is 8.87. The summed E-state index contributed by atoms with van der Waals surface area (Å²) in [4.78, 5) is 11.8. The van der Waals surface area contributed by atoms with Gasteiger partial charge in [0.25, 0.3) is 0 Å². The van der Waals surface area contributed by atoms with Gasteiger partial charge in [-0.25, -0.2) is 0 Å². The summed E-state index contributed by atoms with van der Waals surface area (Å²) in [6.45, 7) is 2.08. The van der Waals surface area contributed by atoms with Crippen LogP contribution in [0.5, 0.6) is 0 Å². The maximum Gasteiger partial charge on any atom is 0.193 e. The highest BCUT2D eigenvalue weighted by molar-refractivity contribution is 6.63. The molecule has 3 aromatic carbocycles. The van der Waals surface area contributed by atoms with Gasteiger partial charge in [-0.2, -0.15) is 0 Å². The Morgan fingerprint density at radius 2 is 0.730 bits per heavy atom. The molecule has 0 unspecified atom stereocenters. The maximum atomic E-state index is 11.8. The number of rotatable bonds is 2. The van der Waals surface area contributed by atoms with Gasteiger partial charge in [-0.3, -0.25) is 4.79 Å². The van der Waals surface area contributed by atoms with Gasteiger partial charge in [-0.1, -0.05) is 131 Å². The molecule has 0 heterocycles. The fourth-order valence-electron chi connectivity index (χ4n) is 2.93. The number of hydrogen-bond donors (Lipinski definition) is 0. The van der Waals surface area contributed by atoms with Crippen LogP contribution in [0.2, 0.25) is 0 Å². The van der Waals surface area contributed by atoms with Crippen molar-refractivity contribution in [3.63, 3.8) is 0 Å². The van der Waals surface area contributed by atoms with Gasteiger partial charge in [-0.05, 0) is 6.92 Å². The molecule has 0 atom stereocenters. The van der Waals surface area contributed by atoms with Crippen molar-refractivity contribution in [2.45, 2.75) is 43.5 Å². The Morgan fingerprint density at radius 1 is 0.514 bits per heavy atom. The number of halogens is 9. The molecule has 4 rings (SSSR count). The topological polar surface area (TPSA) is 17.1 Å². The molecule has 0 spiro atoms. The van der Waals surface area contributed by atoms with Gasteiger partial charge < -0.3 is 0 Å². The maximum absolute atomic E-state index is 11.8. The summed E-state index contributed by atoms with van der Waals surface area (Å²) in [7, 11) is 0. The van der Waals surface area contributed by atoms with E-state index < -0.39 is 36.6 Å². The summed E-state index contributed by atoms with van der Waals surface area (Å²) in [5.74, 6) is 0.0752. The van der Waals surface area contributed by atoms with Crippen molar-refractivity contribution in [3.05, 3.63) is 108 Å². The Hall–Kier alpha value is -0.0600. The fraction of sp³-hybridized carbons (Fsp3) is 0.296. The Kier molecular flexibility index (Phi) is 18.0. The van der Waals surface area contributed by atoms with Crippen molar-refractivity contribution >= 4 is 110 Å². The molecule has 1 fully saturated rings. The molecule has 1 saturated carbocycles. The van der Waals surface area contributed by atoms with E-state index in [0.717, 1.165) is 11.1 Å². The van der Waals surface area contributed by atoms with Crippen molar-refractivity contribution in [1.82, 2.24) is 0 Å². The molecule has 1 aliphatic carbocycles. The second kappa shape index (κ2) is 19.1. The van der Waals surface area contributed by atoms with Gasteiger partial charge in [0, 0.05) is 11.1 Å². The highest BCUT2D eigenvalue weighted by atomic mass is 35.6. The van der Waals surface area contributed by atoms with E-state index in [1.807, 2.05) is 78.9 Å². The predicted molar refractivity (Wildman–Crippen MR) is 167 cm³/mol. The molecule has 0 radical (unpaired) electrons. The number of hydrogen-bond acceptors (Lipinski definition) is 1. The normalized spacial score (nSPS) is 24.3. The van der Waals surface area contributed by atoms with E-state index >= 15 is 0 Å². The molecule has 10 heteroatoms. The largest absolute Gasteiger partial charge is 0.289 e. The van der Waals surface area contributed by atoms with Crippen molar-refractivity contribution in [1.29, 1.82) is 0 Å². The van der Waals surface area contributed by atoms with Gasteiger partial charge in [0.1, 0.15) is 0 Å². The monoisotopic (exact) mass is 680 g/mol. The molecule has 1 aliphatic rings. The minimum absolute atomic E-state index is 0.0752. The first-order valence-electron chi connectivity index (χ1n) is 10.9. The van der Waals surface area contributed by atoms with Crippen LogP contribution in [0.15, 0.2) is 91.0 Å². The minimum atomic E-state index is -0.750. The second-order valence-corrected chi connectivity index (χ2v) is 12.6. The molecule has 202 valence electrons. The van der Waals surface area contributed by atoms with Crippen molar-refractivity contribution in [2.24, 2.45) is 0 Å². The molecule has 0 bridgehead atoms. The second-order valence-electron chi connectivity index (χ2n) is 7.63. The molecule has 3 aromatic rings. The molecule has 37 heavy (non-hydrogen) atoms. The predicted octanol–water partition coefficient (Wildman–Crippen LogP) is 10.5. The number of aryl methyl sites for hydroxylation is 1. The Balaban J connectivity index is 0.000000269. The Labute approximate surface area is 264 Å². The lowest BCUT2D eigenvalue weighted by Gasteiger charge is -2.37. The van der Waals surface area contributed by atoms with E-state index in [1.54, 1.807) is 0 Å². The van der Waals surface area contributed by atoms with Crippen molar-refractivity contribution < 1.29 is 4.79 Å².